The lowest BCUT2D eigenvalue weighted by molar-refractivity contribution is 0.462. The van der Waals surface area contributed by atoms with Crippen LogP contribution in [-0.4, -0.2) is 16.0 Å². The zero-order valence-corrected chi connectivity index (χ0v) is 11.9. The third kappa shape index (κ3) is 2.71. The Balaban J connectivity index is 1.44. The summed E-state index contributed by atoms with van der Waals surface area (Å²) >= 11 is 0. The summed E-state index contributed by atoms with van der Waals surface area (Å²) in [4.78, 5) is 8.78. The van der Waals surface area contributed by atoms with E-state index in [0.29, 0.717) is 17.9 Å². The first-order valence-electron chi connectivity index (χ1n) is 7.73. The molecule has 2 aromatic rings. The van der Waals surface area contributed by atoms with Gasteiger partial charge < -0.3 is 10.1 Å². The maximum atomic E-state index is 5.75. The van der Waals surface area contributed by atoms with Crippen LogP contribution in [0, 0.1) is 11.8 Å². The Morgan fingerprint density at radius 3 is 2.52 bits per heavy atom. The first-order chi connectivity index (χ1) is 10.4. The lowest BCUT2D eigenvalue weighted by Gasteiger charge is -2.07. The number of hydrogen-bond donors (Lipinski definition) is 1. The fraction of sp³-hybridized carbons (Fsp3) is 0.412. The number of hydrogen-bond acceptors (Lipinski definition) is 4. The number of nitrogens with zero attached hydrogens (tertiary/aromatic N) is 2. The normalized spacial score (nSPS) is 26.8. The predicted octanol–water partition coefficient (Wildman–Crippen LogP) is 3.87. The summed E-state index contributed by atoms with van der Waals surface area (Å²) in [5, 5.41) is 3.48. The molecule has 0 amide bonds. The van der Waals surface area contributed by atoms with Gasteiger partial charge in [0.25, 0.3) is 0 Å². The summed E-state index contributed by atoms with van der Waals surface area (Å²) in [6.45, 7) is 0. The average Bonchev–Trinajstić information content (AvgIpc) is 3.22. The lowest BCUT2D eigenvalue weighted by atomic mass is 10.0. The van der Waals surface area contributed by atoms with Crippen molar-refractivity contribution in [3.8, 4) is 11.6 Å². The Hall–Kier alpha value is -2.10. The topological polar surface area (TPSA) is 47.0 Å². The van der Waals surface area contributed by atoms with Crippen LogP contribution < -0.4 is 10.1 Å². The molecule has 0 aliphatic heterocycles. The van der Waals surface area contributed by atoms with E-state index in [1.165, 1.54) is 25.7 Å². The van der Waals surface area contributed by atoms with E-state index < -0.39 is 0 Å². The van der Waals surface area contributed by atoms with E-state index in [-0.39, 0.29) is 0 Å². The van der Waals surface area contributed by atoms with Crippen LogP contribution >= 0.6 is 0 Å². The van der Waals surface area contributed by atoms with Crippen LogP contribution in [0.2, 0.25) is 0 Å². The van der Waals surface area contributed by atoms with Gasteiger partial charge in [-0.15, -0.1) is 0 Å². The van der Waals surface area contributed by atoms with Gasteiger partial charge in [-0.2, -0.15) is 4.98 Å². The van der Waals surface area contributed by atoms with Crippen molar-refractivity contribution in [2.24, 2.45) is 11.8 Å². The van der Waals surface area contributed by atoms with Crippen molar-refractivity contribution in [3.63, 3.8) is 0 Å². The molecule has 2 aliphatic carbocycles. The molecule has 1 aromatic carbocycles. The minimum atomic E-state index is 0.569. The van der Waals surface area contributed by atoms with Crippen molar-refractivity contribution >= 4 is 5.95 Å². The van der Waals surface area contributed by atoms with Gasteiger partial charge in [0, 0.05) is 18.3 Å². The number of benzene rings is 1. The third-order valence-corrected chi connectivity index (χ3v) is 4.55. The summed E-state index contributed by atoms with van der Waals surface area (Å²) in [6.07, 6.45) is 7.19. The molecule has 21 heavy (non-hydrogen) atoms. The fourth-order valence-electron chi connectivity index (χ4n) is 3.43. The minimum Gasteiger partial charge on any atom is -0.439 e. The van der Waals surface area contributed by atoms with Crippen LogP contribution in [0.15, 0.2) is 42.6 Å². The van der Waals surface area contributed by atoms with Crippen molar-refractivity contribution < 1.29 is 4.74 Å². The highest BCUT2D eigenvalue weighted by molar-refractivity contribution is 5.35. The van der Waals surface area contributed by atoms with E-state index in [1.54, 1.807) is 12.3 Å². The molecule has 1 aromatic heterocycles. The maximum absolute atomic E-state index is 5.75. The minimum absolute atomic E-state index is 0.569. The van der Waals surface area contributed by atoms with Gasteiger partial charge >= 0.3 is 0 Å². The number of para-hydroxylation sites is 1. The Bertz CT molecular complexity index is 604. The molecule has 0 radical (unpaired) electrons. The molecule has 0 saturated heterocycles. The second-order valence-corrected chi connectivity index (χ2v) is 5.92. The summed E-state index contributed by atoms with van der Waals surface area (Å²) in [6, 6.07) is 12.1. The predicted molar refractivity (Wildman–Crippen MR) is 81.4 cm³/mol. The van der Waals surface area contributed by atoms with Crippen molar-refractivity contribution in [1.29, 1.82) is 0 Å². The Kier molecular flexibility index (Phi) is 3.22. The van der Waals surface area contributed by atoms with Gasteiger partial charge in [-0.1, -0.05) is 31.0 Å². The van der Waals surface area contributed by atoms with Gasteiger partial charge in [0.15, 0.2) is 0 Å². The summed E-state index contributed by atoms with van der Waals surface area (Å²) in [5.41, 5.74) is 0. The standard InChI is InChI=1S/C17H19N3O/c1-2-6-12(7-3-1)21-15-10-11-18-17(19-15)20-16-13-8-4-5-9-14(13)16/h1-3,6-7,10-11,13-14,16H,4-5,8-9H2,(H,18,19,20). The number of anilines is 1. The highest BCUT2D eigenvalue weighted by Gasteiger charge is 2.50. The SMILES string of the molecule is c1ccc(Oc2ccnc(NC3C4CCCCC43)n2)cc1. The van der Waals surface area contributed by atoms with Crippen molar-refractivity contribution in [3.05, 3.63) is 42.6 Å². The van der Waals surface area contributed by atoms with Crippen molar-refractivity contribution in [2.75, 3.05) is 5.32 Å². The molecule has 4 rings (SSSR count). The average molecular weight is 281 g/mol. The Labute approximate surface area is 124 Å². The van der Waals surface area contributed by atoms with Gasteiger partial charge in [-0.25, -0.2) is 4.98 Å². The highest BCUT2D eigenvalue weighted by atomic mass is 16.5. The van der Waals surface area contributed by atoms with E-state index >= 15 is 0 Å². The Morgan fingerprint density at radius 1 is 1.00 bits per heavy atom. The van der Waals surface area contributed by atoms with E-state index in [9.17, 15) is 0 Å². The molecule has 2 saturated carbocycles. The summed E-state index contributed by atoms with van der Waals surface area (Å²) in [5.74, 6) is 3.73. The van der Waals surface area contributed by atoms with Gasteiger partial charge in [0.1, 0.15) is 5.75 Å². The molecule has 1 N–H and O–H groups in total. The smallest absolute Gasteiger partial charge is 0.226 e. The molecule has 2 fully saturated rings. The van der Waals surface area contributed by atoms with E-state index in [4.69, 9.17) is 4.74 Å². The molecule has 4 heteroatoms. The quantitative estimate of drug-likeness (QED) is 0.924. The van der Waals surface area contributed by atoms with E-state index in [2.05, 4.69) is 15.3 Å². The number of nitrogens with one attached hydrogen (secondary N) is 1. The summed E-state index contributed by atoms with van der Waals surface area (Å²) in [7, 11) is 0. The number of rotatable bonds is 4. The molecule has 108 valence electrons. The van der Waals surface area contributed by atoms with Crippen LogP contribution in [-0.2, 0) is 0 Å². The zero-order valence-electron chi connectivity index (χ0n) is 11.9. The number of fused-ring (bicyclic) bond motifs is 1. The molecule has 2 atom stereocenters. The number of ether oxygens (including phenoxy) is 1. The molecule has 2 unspecified atom stereocenters. The molecule has 0 spiro atoms. The van der Waals surface area contributed by atoms with Crippen LogP contribution in [0.1, 0.15) is 25.7 Å². The largest absolute Gasteiger partial charge is 0.439 e. The molecule has 1 heterocycles. The first kappa shape index (κ1) is 12.6. The molecular formula is C17H19N3O. The van der Waals surface area contributed by atoms with Crippen molar-refractivity contribution in [1.82, 2.24) is 9.97 Å². The zero-order chi connectivity index (χ0) is 14.1. The third-order valence-electron chi connectivity index (χ3n) is 4.55. The van der Waals surface area contributed by atoms with Crippen LogP contribution in [0.3, 0.4) is 0 Å². The van der Waals surface area contributed by atoms with Crippen LogP contribution in [0.4, 0.5) is 5.95 Å². The Morgan fingerprint density at radius 2 is 1.76 bits per heavy atom. The molecule has 4 nitrogen and oxygen atoms in total. The van der Waals surface area contributed by atoms with Gasteiger partial charge in [0.2, 0.25) is 11.8 Å². The molecule has 0 bridgehead atoms. The fourth-order valence-corrected chi connectivity index (χ4v) is 3.43. The number of aromatic nitrogens is 2. The lowest BCUT2D eigenvalue weighted by Crippen LogP contribution is -2.09. The highest BCUT2D eigenvalue weighted by Crippen LogP contribution is 2.50. The van der Waals surface area contributed by atoms with Crippen molar-refractivity contribution in [2.45, 2.75) is 31.7 Å². The molecule has 2 aliphatic rings. The van der Waals surface area contributed by atoms with E-state index in [0.717, 1.165) is 17.6 Å². The van der Waals surface area contributed by atoms with Crippen LogP contribution in [0.5, 0.6) is 11.6 Å². The van der Waals surface area contributed by atoms with Gasteiger partial charge in [-0.3, -0.25) is 0 Å². The van der Waals surface area contributed by atoms with Gasteiger partial charge in [-0.05, 0) is 36.8 Å². The first-order valence-corrected chi connectivity index (χ1v) is 7.73. The monoisotopic (exact) mass is 281 g/mol. The van der Waals surface area contributed by atoms with Gasteiger partial charge in [0.05, 0.1) is 0 Å². The molecular weight excluding hydrogens is 262 g/mol. The second kappa shape index (κ2) is 5.35. The van der Waals surface area contributed by atoms with Crippen LogP contribution in [0.25, 0.3) is 0 Å². The van der Waals surface area contributed by atoms with E-state index in [1.807, 2.05) is 30.3 Å². The summed E-state index contributed by atoms with van der Waals surface area (Å²) < 4.78 is 5.75. The second-order valence-electron chi connectivity index (χ2n) is 5.92. The maximum Gasteiger partial charge on any atom is 0.226 e.